The minimum atomic E-state index is -3.67. The zero-order chi connectivity index (χ0) is 10.9. The Morgan fingerprint density at radius 1 is 1.08 bits per heavy atom. The Hall–Kier alpha value is -0.780. The fourth-order valence-electron chi connectivity index (χ4n) is 0.427. The Balaban J connectivity index is 0. The molecular weight excluding hydrogens is 205 g/mol. The lowest BCUT2D eigenvalue weighted by atomic mass is 10.8. The second kappa shape index (κ2) is 7.85. The van der Waals surface area contributed by atoms with Crippen LogP contribution in [-0.4, -0.2) is 26.6 Å². The van der Waals surface area contributed by atoms with Crippen LogP contribution in [0.25, 0.3) is 0 Å². The van der Waals surface area contributed by atoms with E-state index in [4.69, 9.17) is 0 Å². The maximum absolute atomic E-state index is 10.7. The molecule has 0 saturated heterocycles. The van der Waals surface area contributed by atoms with E-state index in [1.165, 1.54) is 12.2 Å². The lowest BCUT2D eigenvalue weighted by molar-refractivity contribution is 0.00819. The summed E-state index contributed by atoms with van der Waals surface area (Å²) in [5.41, 5.74) is 0. The van der Waals surface area contributed by atoms with Crippen LogP contribution in [0.4, 0.5) is 13.2 Å². The Bertz CT molecular complexity index is 215. The Kier molecular flexibility index (Phi) is 8.89. The van der Waals surface area contributed by atoms with Crippen molar-refractivity contribution in [2.75, 3.05) is 11.5 Å². The van der Waals surface area contributed by atoms with Crippen molar-refractivity contribution in [2.24, 2.45) is 0 Å². The molecule has 0 N–H and O–H groups in total. The number of halogens is 3. The van der Waals surface area contributed by atoms with Crippen LogP contribution < -0.4 is 0 Å². The second-order valence-electron chi connectivity index (χ2n) is 1.90. The summed E-state index contributed by atoms with van der Waals surface area (Å²) in [7, 11) is -2.92. The van der Waals surface area contributed by atoms with Gasteiger partial charge in [0.15, 0.2) is 9.84 Å². The second-order valence-corrected chi connectivity index (χ2v) is 4.06. The van der Waals surface area contributed by atoms with Crippen molar-refractivity contribution in [1.82, 2.24) is 0 Å². The molecule has 0 heterocycles. The first-order valence-electron chi connectivity index (χ1n) is 3.20. The zero-order valence-corrected chi connectivity index (χ0v) is 7.74. The highest BCUT2D eigenvalue weighted by Gasteiger charge is 2.02. The highest BCUT2D eigenvalue weighted by Crippen LogP contribution is 1.89. The smallest absolute Gasteiger partial charge is 0.228 e. The predicted molar refractivity (Wildman–Crippen MR) is 46.2 cm³/mol. The van der Waals surface area contributed by atoms with Crippen molar-refractivity contribution >= 4 is 9.84 Å². The van der Waals surface area contributed by atoms with Crippen LogP contribution in [-0.2, 0) is 9.84 Å². The standard InChI is InChI=1S/C6H10O2S.CHF3/c1-3-5-9(7,8)6-4-2;2-1(3)4/h3-4H,1-2,5-6H2;1H. The summed E-state index contributed by atoms with van der Waals surface area (Å²) in [4.78, 5) is 0. The Labute approximate surface area is 75.7 Å². The number of alkyl halides is 3. The van der Waals surface area contributed by atoms with Crippen molar-refractivity contribution in [3.63, 3.8) is 0 Å². The molecule has 13 heavy (non-hydrogen) atoms. The third-order valence-corrected chi connectivity index (χ3v) is 2.23. The van der Waals surface area contributed by atoms with Crippen LogP contribution in [0, 0.1) is 0 Å². The Morgan fingerprint density at radius 2 is 1.31 bits per heavy atom. The summed E-state index contributed by atoms with van der Waals surface area (Å²) in [6.45, 7) is 2.96. The van der Waals surface area contributed by atoms with Gasteiger partial charge in [-0.05, 0) is 0 Å². The summed E-state index contributed by atoms with van der Waals surface area (Å²) in [5.74, 6) is 0.0814. The van der Waals surface area contributed by atoms with Crippen molar-refractivity contribution in [1.29, 1.82) is 0 Å². The maximum atomic E-state index is 10.7. The van der Waals surface area contributed by atoms with Gasteiger partial charge in [-0.25, -0.2) is 8.42 Å². The topological polar surface area (TPSA) is 34.1 Å². The summed E-state index contributed by atoms with van der Waals surface area (Å²) in [5, 5.41) is 0. The molecule has 0 aromatic rings. The molecule has 0 atom stereocenters. The van der Waals surface area contributed by atoms with E-state index in [9.17, 15) is 21.6 Å². The van der Waals surface area contributed by atoms with Gasteiger partial charge in [-0.1, -0.05) is 12.2 Å². The molecule has 6 heteroatoms. The molecule has 0 spiro atoms. The fraction of sp³-hybridized carbons (Fsp3) is 0.429. The largest absolute Gasteiger partial charge is 0.379 e. The maximum Gasteiger partial charge on any atom is 0.379 e. The van der Waals surface area contributed by atoms with E-state index in [-0.39, 0.29) is 11.5 Å². The van der Waals surface area contributed by atoms with Crippen LogP contribution in [0.1, 0.15) is 0 Å². The zero-order valence-electron chi connectivity index (χ0n) is 6.92. The first kappa shape index (κ1) is 14.7. The third kappa shape index (κ3) is 18.3. The van der Waals surface area contributed by atoms with Crippen LogP contribution >= 0.6 is 0 Å². The van der Waals surface area contributed by atoms with Gasteiger partial charge in [0.1, 0.15) is 0 Å². The van der Waals surface area contributed by atoms with E-state index in [1.807, 2.05) is 0 Å². The van der Waals surface area contributed by atoms with Crippen LogP contribution in [0.3, 0.4) is 0 Å². The number of rotatable bonds is 4. The van der Waals surface area contributed by atoms with Crippen molar-refractivity contribution in [3.05, 3.63) is 25.3 Å². The lowest BCUT2D eigenvalue weighted by Gasteiger charge is -1.92. The molecule has 0 unspecified atom stereocenters. The molecule has 0 saturated carbocycles. The number of sulfone groups is 1. The van der Waals surface area contributed by atoms with E-state index in [0.717, 1.165) is 0 Å². The summed E-state index contributed by atoms with van der Waals surface area (Å²) in [6, 6.07) is 0. The first-order chi connectivity index (χ1) is 5.85. The normalized spacial score (nSPS) is 10.2. The fourth-order valence-corrected chi connectivity index (χ4v) is 1.28. The molecule has 0 aliphatic heterocycles. The summed E-state index contributed by atoms with van der Waals surface area (Å²) in [6.07, 6.45) is 2.75. The van der Waals surface area contributed by atoms with Gasteiger partial charge in [0.25, 0.3) is 0 Å². The molecule has 0 aromatic carbocycles. The average molecular weight is 216 g/mol. The SMILES string of the molecule is C=CCS(=O)(=O)CC=C.FC(F)F. The van der Waals surface area contributed by atoms with E-state index < -0.39 is 16.5 Å². The number of hydrogen-bond donors (Lipinski definition) is 0. The van der Waals surface area contributed by atoms with Gasteiger partial charge >= 0.3 is 6.68 Å². The average Bonchev–Trinajstić information content (AvgIpc) is 1.84. The molecule has 2 nitrogen and oxygen atoms in total. The highest BCUT2D eigenvalue weighted by atomic mass is 32.2. The van der Waals surface area contributed by atoms with E-state index in [1.54, 1.807) is 0 Å². The highest BCUT2D eigenvalue weighted by molar-refractivity contribution is 7.91. The summed E-state index contributed by atoms with van der Waals surface area (Å²) < 4.78 is 50.4. The molecule has 0 radical (unpaired) electrons. The molecule has 78 valence electrons. The summed E-state index contributed by atoms with van der Waals surface area (Å²) >= 11 is 0. The molecule has 0 aliphatic rings. The monoisotopic (exact) mass is 216 g/mol. The molecule has 0 fully saturated rings. The van der Waals surface area contributed by atoms with Crippen LogP contribution in [0.5, 0.6) is 0 Å². The molecule has 0 rings (SSSR count). The Morgan fingerprint density at radius 3 is 1.46 bits per heavy atom. The molecule has 0 bridgehead atoms. The van der Waals surface area contributed by atoms with Gasteiger partial charge in [0, 0.05) is 0 Å². The molecular formula is C7H11F3O2S. The van der Waals surface area contributed by atoms with E-state index in [2.05, 4.69) is 13.2 Å². The van der Waals surface area contributed by atoms with Crippen molar-refractivity contribution < 1.29 is 21.6 Å². The van der Waals surface area contributed by atoms with Gasteiger partial charge in [-0.3, -0.25) is 0 Å². The van der Waals surface area contributed by atoms with Gasteiger partial charge in [-0.15, -0.1) is 13.2 Å². The molecule has 0 aromatic heterocycles. The predicted octanol–water partition coefficient (Wildman–Crippen LogP) is 1.95. The van der Waals surface area contributed by atoms with Crippen LogP contribution in [0.2, 0.25) is 0 Å². The molecule has 0 amide bonds. The van der Waals surface area contributed by atoms with Crippen LogP contribution in [0.15, 0.2) is 25.3 Å². The van der Waals surface area contributed by atoms with E-state index >= 15 is 0 Å². The number of hydrogen-bond acceptors (Lipinski definition) is 2. The minimum Gasteiger partial charge on any atom is -0.228 e. The van der Waals surface area contributed by atoms with Gasteiger partial charge in [0.2, 0.25) is 0 Å². The van der Waals surface area contributed by atoms with E-state index in [0.29, 0.717) is 0 Å². The lowest BCUT2D eigenvalue weighted by Crippen LogP contribution is -2.06. The quantitative estimate of drug-likeness (QED) is 0.673. The van der Waals surface area contributed by atoms with Gasteiger partial charge < -0.3 is 0 Å². The van der Waals surface area contributed by atoms with Crippen molar-refractivity contribution in [3.8, 4) is 0 Å². The van der Waals surface area contributed by atoms with Gasteiger partial charge in [-0.2, -0.15) is 13.2 Å². The van der Waals surface area contributed by atoms with Crippen molar-refractivity contribution in [2.45, 2.75) is 6.68 Å². The molecule has 0 aliphatic carbocycles. The van der Waals surface area contributed by atoms with Gasteiger partial charge in [0.05, 0.1) is 11.5 Å². The first-order valence-corrected chi connectivity index (χ1v) is 5.02. The third-order valence-electron chi connectivity index (χ3n) is 0.744. The minimum absolute atomic E-state index is 0.0407.